The van der Waals surface area contributed by atoms with Crippen LogP contribution in [0.25, 0.3) is 0 Å². The first-order chi connectivity index (χ1) is 8.55. The monoisotopic (exact) mass is 253 g/mol. The summed E-state index contributed by atoms with van der Waals surface area (Å²) in [5, 5.41) is 0. The molecule has 0 N–H and O–H groups in total. The maximum absolute atomic E-state index is 12.4. The van der Waals surface area contributed by atoms with Crippen LogP contribution in [0.5, 0.6) is 0 Å². The Kier molecular flexibility index (Phi) is 2.43. The van der Waals surface area contributed by atoms with Crippen molar-refractivity contribution in [2.24, 2.45) is 0 Å². The minimum absolute atomic E-state index is 0.205. The third kappa shape index (κ3) is 2.00. The molecule has 0 bridgehead atoms. The van der Waals surface area contributed by atoms with E-state index < -0.39 is 11.7 Å². The lowest BCUT2D eigenvalue weighted by Crippen LogP contribution is -2.04. The number of halogens is 3. The van der Waals surface area contributed by atoms with Crippen LogP contribution in [0.2, 0.25) is 0 Å². The molecule has 94 valence electrons. The first kappa shape index (κ1) is 11.3. The van der Waals surface area contributed by atoms with Crippen molar-refractivity contribution in [1.82, 2.24) is 4.98 Å². The summed E-state index contributed by atoms with van der Waals surface area (Å²) in [7, 11) is 0. The average Bonchev–Trinajstić information content (AvgIpc) is 2.95. The van der Waals surface area contributed by atoms with E-state index in [1.807, 2.05) is 0 Å². The van der Waals surface area contributed by atoms with Gasteiger partial charge in [-0.2, -0.15) is 13.2 Å². The maximum atomic E-state index is 12.4. The molecule has 2 aromatic rings. The zero-order valence-electron chi connectivity index (χ0n) is 9.32. The highest BCUT2D eigenvalue weighted by molar-refractivity contribution is 5.33. The van der Waals surface area contributed by atoms with E-state index in [-0.39, 0.29) is 11.8 Å². The second kappa shape index (κ2) is 3.86. The van der Waals surface area contributed by atoms with Crippen LogP contribution in [0.4, 0.5) is 13.2 Å². The number of aromatic nitrogens is 1. The highest BCUT2D eigenvalue weighted by Crippen LogP contribution is 2.54. The lowest BCUT2D eigenvalue weighted by Gasteiger charge is -2.07. The zero-order chi connectivity index (χ0) is 12.8. The Morgan fingerprint density at radius 3 is 2.39 bits per heavy atom. The summed E-state index contributed by atoms with van der Waals surface area (Å²) in [6, 6.07) is 5.33. The van der Waals surface area contributed by atoms with Crippen molar-refractivity contribution in [2.45, 2.75) is 24.4 Å². The van der Waals surface area contributed by atoms with Gasteiger partial charge in [0.15, 0.2) is 5.89 Å². The van der Waals surface area contributed by atoms with Crippen molar-refractivity contribution in [3.05, 3.63) is 53.7 Å². The molecule has 0 amide bonds. The third-order valence-corrected chi connectivity index (χ3v) is 3.23. The molecule has 2 atom stereocenters. The minimum atomic E-state index is -4.27. The number of benzene rings is 1. The summed E-state index contributed by atoms with van der Waals surface area (Å²) in [4.78, 5) is 4.06. The van der Waals surface area contributed by atoms with E-state index in [0.29, 0.717) is 5.89 Å². The van der Waals surface area contributed by atoms with Gasteiger partial charge in [0.2, 0.25) is 0 Å². The molecule has 0 aliphatic heterocycles. The van der Waals surface area contributed by atoms with Crippen molar-refractivity contribution >= 4 is 0 Å². The van der Waals surface area contributed by atoms with Crippen LogP contribution < -0.4 is 0 Å². The molecule has 1 heterocycles. The number of oxazole rings is 1. The van der Waals surface area contributed by atoms with Gasteiger partial charge in [-0.15, -0.1) is 0 Å². The van der Waals surface area contributed by atoms with Gasteiger partial charge >= 0.3 is 6.18 Å². The van der Waals surface area contributed by atoms with Crippen molar-refractivity contribution < 1.29 is 17.6 Å². The fourth-order valence-corrected chi connectivity index (χ4v) is 2.17. The van der Waals surface area contributed by atoms with E-state index in [1.54, 1.807) is 6.20 Å². The highest BCUT2D eigenvalue weighted by Gasteiger charge is 2.43. The number of hydrogen-bond acceptors (Lipinski definition) is 2. The maximum Gasteiger partial charge on any atom is 0.416 e. The largest absolute Gasteiger partial charge is 0.449 e. The van der Waals surface area contributed by atoms with E-state index in [9.17, 15) is 13.2 Å². The van der Waals surface area contributed by atoms with Gasteiger partial charge in [-0.3, -0.25) is 0 Å². The number of nitrogens with zero attached hydrogens (tertiary/aromatic N) is 1. The van der Waals surface area contributed by atoms with Crippen molar-refractivity contribution in [3.63, 3.8) is 0 Å². The molecular weight excluding hydrogens is 243 g/mol. The predicted octanol–water partition coefficient (Wildman–Crippen LogP) is 3.96. The Morgan fingerprint density at radius 2 is 1.83 bits per heavy atom. The van der Waals surface area contributed by atoms with Crippen LogP contribution in [0.1, 0.15) is 35.3 Å². The van der Waals surface area contributed by atoms with Gasteiger partial charge in [0.25, 0.3) is 0 Å². The second-order valence-electron chi connectivity index (χ2n) is 4.44. The molecule has 5 heteroatoms. The van der Waals surface area contributed by atoms with Crippen LogP contribution in [0.3, 0.4) is 0 Å². The molecular formula is C13H10F3NO. The first-order valence-corrected chi connectivity index (χ1v) is 5.62. The number of alkyl halides is 3. The first-order valence-electron chi connectivity index (χ1n) is 5.62. The van der Waals surface area contributed by atoms with Gasteiger partial charge in [0.1, 0.15) is 6.26 Å². The molecule has 3 rings (SSSR count). The van der Waals surface area contributed by atoms with E-state index in [1.165, 1.54) is 18.4 Å². The van der Waals surface area contributed by atoms with Gasteiger partial charge in [-0.25, -0.2) is 4.98 Å². The van der Waals surface area contributed by atoms with Gasteiger partial charge in [-0.05, 0) is 30.0 Å². The average molecular weight is 253 g/mol. The summed E-state index contributed by atoms with van der Waals surface area (Å²) < 4.78 is 42.4. The normalized spacial score (nSPS) is 23.1. The Balaban J connectivity index is 1.76. The van der Waals surface area contributed by atoms with E-state index in [0.717, 1.165) is 24.1 Å². The Hall–Kier alpha value is -1.78. The van der Waals surface area contributed by atoms with Crippen LogP contribution in [0.15, 0.2) is 41.1 Å². The van der Waals surface area contributed by atoms with Gasteiger partial charge < -0.3 is 4.42 Å². The van der Waals surface area contributed by atoms with Crippen molar-refractivity contribution in [3.8, 4) is 0 Å². The summed E-state index contributed by atoms with van der Waals surface area (Å²) in [6.07, 6.45) is -0.301. The molecule has 2 unspecified atom stereocenters. The summed E-state index contributed by atoms with van der Waals surface area (Å²) >= 11 is 0. The number of hydrogen-bond donors (Lipinski definition) is 0. The minimum Gasteiger partial charge on any atom is -0.449 e. The van der Waals surface area contributed by atoms with E-state index >= 15 is 0 Å². The standard InChI is InChI=1S/C13H10F3NO/c14-13(15,16)9-3-1-8(2-4-9)10-7-11(10)12-17-5-6-18-12/h1-6,10-11H,7H2. The second-order valence-corrected chi connectivity index (χ2v) is 4.44. The molecule has 1 saturated carbocycles. The Labute approximate surface area is 101 Å². The predicted molar refractivity (Wildman–Crippen MR) is 58.0 cm³/mol. The summed E-state index contributed by atoms with van der Waals surface area (Å²) in [6.45, 7) is 0. The molecule has 1 fully saturated rings. The fraction of sp³-hybridized carbons (Fsp3) is 0.308. The fourth-order valence-electron chi connectivity index (χ4n) is 2.17. The lowest BCUT2D eigenvalue weighted by molar-refractivity contribution is -0.137. The van der Waals surface area contributed by atoms with Crippen molar-refractivity contribution in [2.75, 3.05) is 0 Å². The third-order valence-electron chi connectivity index (χ3n) is 3.23. The Bertz CT molecular complexity index is 530. The molecule has 1 aliphatic rings. The topological polar surface area (TPSA) is 26.0 Å². The van der Waals surface area contributed by atoms with Gasteiger partial charge in [0.05, 0.1) is 11.8 Å². The van der Waals surface area contributed by atoms with Gasteiger partial charge in [-0.1, -0.05) is 12.1 Å². The molecule has 0 spiro atoms. The quantitative estimate of drug-likeness (QED) is 0.809. The highest BCUT2D eigenvalue weighted by atomic mass is 19.4. The summed E-state index contributed by atoms with van der Waals surface area (Å²) in [5.74, 6) is 1.10. The smallest absolute Gasteiger partial charge is 0.416 e. The van der Waals surface area contributed by atoms with Crippen LogP contribution in [0, 0.1) is 0 Å². The zero-order valence-corrected chi connectivity index (χ0v) is 9.32. The Morgan fingerprint density at radius 1 is 1.11 bits per heavy atom. The van der Waals surface area contributed by atoms with E-state index in [4.69, 9.17) is 4.42 Å². The van der Waals surface area contributed by atoms with Crippen LogP contribution in [-0.4, -0.2) is 4.98 Å². The molecule has 0 radical (unpaired) electrons. The molecule has 18 heavy (non-hydrogen) atoms. The van der Waals surface area contributed by atoms with Gasteiger partial charge in [0, 0.05) is 5.92 Å². The summed E-state index contributed by atoms with van der Waals surface area (Å²) in [5.41, 5.74) is 0.297. The molecule has 0 saturated heterocycles. The molecule has 1 aliphatic carbocycles. The van der Waals surface area contributed by atoms with Crippen LogP contribution in [-0.2, 0) is 6.18 Å². The molecule has 2 nitrogen and oxygen atoms in total. The lowest BCUT2D eigenvalue weighted by atomic mass is 10.1. The van der Waals surface area contributed by atoms with Crippen molar-refractivity contribution in [1.29, 1.82) is 0 Å². The molecule has 1 aromatic heterocycles. The van der Waals surface area contributed by atoms with Crippen LogP contribution >= 0.6 is 0 Å². The molecule has 1 aromatic carbocycles. The number of rotatable bonds is 2. The van der Waals surface area contributed by atoms with E-state index in [2.05, 4.69) is 4.98 Å². The SMILES string of the molecule is FC(F)(F)c1ccc(C2CC2c2ncco2)cc1.